The summed E-state index contributed by atoms with van der Waals surface area (Å²) in [4.78, 5) is 43.2. The highest BCUT2D eigenvalue weighted by molar-refractivity contribution is 6.30. The van der Waals surface area contributed by atoms with E-state index in [0.29, 0.717) is 27.6 Å². The molecule has 4 rings (SSSR count). The Bertz CT molecular complexity index is 1250. The number of amides is 3. The summed E-state index contributed by atoms with van der Waals surface area (Å²) in [5.74, 6) is -0.385. The fourth-order valence-corrected chi connectivity index (χ4v) is 4.21. The molecule has 2 heterocycles. The first-order chi connectivity index (χ1) is 17.9. The van der Waals surface area contributed by atoms with Crippen LogP contribution in [0.2, 0.25) is 5.02 Å². The number of benzene rings is 2. The molecule has 37 heavy (non-hydrogen) atoms. The minimum atomic E-state index is -0.640. The van der Waals surface area contributed by atoms with Crippen LogP contribution in [0.4, 0.5) is 27.5 Å². The third-order valence-corrected chi connectivity index (χ3v) is 6.28. The van der Waals surface area contributed by atoms with Crippen LogP contribution >= 0.6 is 11.6 Å². The molecule has 1 saturated heterocycles. The minimum Gasteiger partial charge on any atom is -0.449 e. The van der Waals surface area contributed by atoms with Crippen LogP contribution in [0.1, 0.15) is 30.1 Å². The van der Waals surface area contributed by atoms with Crippen LogP contribution in [0.3, 0.4) is 0 Å². The summed E-state index contributed by atoms with van der Waals surface area (Å²) >= 11 is 5.91. The highest BCUT2D eigenvalue weighted by Crippen LogP contribution is 2.28. The van der Waals surface area contributed by atoms with E-state index in [1.807, 2.05) is 12.1 Å². The van der Waals surface area contributed by atoms with Gasteiger partial charge in [-0.2, -0.15) is 0 Å². The van der Waals surface area contributed by atoms with Crippen molar-refractivity contribution in [2.75, 3.05) is 40.5 Å². The summed E-state index contributed by atoms with van der Waals surface area (Å²) in [6.07, 6.45) is 4.72. The van der Waals surface area contributed by atoms with Gasteiger partial charge in [0.1, 0.15) is 0 Å². The molecular formula is C27H28ClN5O4. The van der Waals surface area contributed by atoms with Crippen LogP contribution in [0.15, 0.2) is 67.0 Å². The first-order valence-electron chi connectivity index (χ1n) is 11.9. The molecule has 0 unspecified atom stereocenters. The molecule has 0 aliphatic carbocycles. The lowest BCUT2D eigenvalue weighted by Crippen LogP contribution is -2.35. The topological polar surface area (TPSA) is 113 Å². The molecule has 1 aliphatic rings. The van der Waals surface area contributed by atoms with Gasteiger partial charge in [0.25, 0.3) is 5.91 Å². The van der Waals surface area contributed by atoms with E-state index >= 15 is 0 Å². The number of ether oxygens (including phenoxy) is 1. The van der Waals surface area contributed by atoms with E-state index in [4.69, 9.17) is 16.3 Å². The molecule has 0 saturated carbocycles. The highest BCUT2D eigenvalue weighted by atomic mass is 35.5. The second-order valence-corrected chi connectivity index (χ2v) is 9.20. The highest BCUT2D eigenvalue weighted by Gasteiger charge is 2.21. The molecule has 0 radical (unpaired) electrons. The van der Waals surface area contributed by atoms with Crippen molar-refractivity contribution in [3.8, 4) is 0 Å². The van der Waals surface area contributed by atoms with Crippen molar-refractivity contribution in [2.45, 2.75) is 19.8 Å². The van der Waals surface area contributed by atoms with Crippen LogP contribution < -0.4 is 20.9 Å². The Hall–Kier alpha value is -4.11. The predicted molar refractivity (Wildman–Crippen MR) is 144 cm³/mol. The number of pyridine rings is 1. The summed E-state index contributed by atoms with van der Waals surface area (Å²) < 4.78 is 5.51. The monoisotopic (exact) mass is 521 g/mol. The van der Waals surface area contributed by atoms with Crippen molar-refractivity contribution < 1.29 is 19.1 Å². The molecule has 192 valence electrons. The standard InChI is InChI=1S/C27H28ClN5O4/c1-18(34)30-22-6-7-24(31-26(35)20-2-4-21(28)5-3-20)25(16-22)32-27(36)37-17-19-10-14-33(15-11-19)23-8-12-29-13-9-23/h2-9,12-13,16,19H,10-11,14-15,17H2,1H3,(H,30,34)(H,31,35)(H,32,36). The number of nitrogens with one attached hydrogen (secondary N) is 3. The number of anilines is 4. The van der Waals surface area contributed by atoms with E-state index in [0.717, 1.165) is 31.6 Å². The first-order valence-corrected chi connectivity index (χ1v) is 12.3. The van der Waals surface area contributed by atoms with Gasteiger partial charge in [-0.1, -0.05) is 11.6 Å². The number of piperidine rings is 1. The zero-order valence-electron chi connectivity index (χ0n) is 20.4. The Balaban J connectivity index is 1.36. The number of hydrogen-bond acceptors (Lipinski definition) is 6. The third-order valence-electron chi connectivity index (χ3n) is 6.02. The third kappa shape index (κ3) is 7.44. The van der Waals surface area contributed by atoms with Crippen LogP contribution in [0.5, 0.6) is 0 Å². The number of hydrogen-bond donors (Lipinski definition) is 3. The molecule has 3 aromatic rings. The van der Waals surface area contributed by atoms with Gasteiger partial charge in [-0.25, -0.2) is 4.79 Å². The molecule has 10 heteroatoms. The number of halogens is 1. The molecule has 1 aromatic heterocycles. The average Bonchev–Trinajstić information content (AvgIpc) is 2.90. The molecule has 9 nitrogen and oxygen atoms in total. The lowest BCUT2D eigenvalue weighted by atomic mass is 9.97. The molecule has 1 aliphatic heterocycles. The summed E-state index contributed by atoms with van der Waals surface area (Å²) in [6.45, 7) is 3.42. The molecule has 0 bridgehead atoms. The van der Waals surface area contributed by atoms with E-state index in [9.17, 15) is 14.4 Å². The van der Waals surface area contributed by atoms with E-state index in [2.05, 4.69) is 25.8 Å². The second kappa shape index (κ2) is 12.2. The van der Waals surface area contributed by atoms with Crippen LogP contribution in [-0.4, -0.2) is 42.6 Å². The van der Waals surface area contributed by atoms with Crippen molar-refractivity contribution in [3.63, 3.8) is 0 Å². The van der Waals surface area contributed by atoms with E-state index in [-0.39, 0.29) is 24.3 Å². The Kier molecular flexibility index (Phi) is 8.58. The quantitative estimate of drug-likeness (QED) is 0.383. The Morgan fingerprint density at radius 2 is 1.65 bits per heavy atom. The SMILES string of the molecule is CC(=O)Nc1ccc(NC(=O)c2ccc(Cl)cc2)c(NC(=O)OCC2CCN(c3ccncc3)CC2)c1. The van der Waals surface area contributed by atoms with Crippen molar-refractivity contribution in [3.05, 3.63) is 77.6 Å². The number of nitrogens with zero attached hydrogens (tertiary/aromatic N) is 2. The van der Waals surface area contributed by atoms with Gasteiger partial charge in [0.15, 0.2) is 0 Å². The van der Waals surface area contributed by atoms with Crippen LogP contribution in [-0.2, 0) is 9.53 Å². The van der Waals surface area contributed by atoms with Crippen molar-refractivity contribution in [1.82, 2.24) is 4.98 Å². The number of rotatable bonds is 7. The van der Waals surface area contributed by atoms with Gasteiger partial charge in [0.05, 0.1) is 18.0 Å². The lowest BCUT2D eigenvalue weighted by Gasteiger charge is -2.33. The van der Waals surface area contributed by atoms with Gasteiger partial charge < -0.3 is 20.3 Å². The normalized spacial score (nSPS) is 13.5. The second-order valence-electron chi connectivity index (χ2n) is 8.76. The Morgan fingerprint density at radius 3 is 2.32 bits per heavy atom. The molecular weight excluding hydrogens is 494 g/mol. The van der Waals surface area contributed by atoms with Crippen molar-refractivity contribution in [1.29, 1.82) is 0 Å². The largest absolute Gasteiger partial charge is 0.449 e. The number of aromatic nitrogens is 1. The summed E-state index contributed by atoms with van der Waals surface area (Å²) in [6, 6.07) is 15.2. The average molecular weight is 522 g/mol. The van der Waals surface area contributed by atoms with E-state index < -0.39 is 6.09 Å². The smallest absolute Gasteiger partial charge is 0.411 e. The fraction of sp³-hybridized carbons (Fsp3) is 0.259. The molecule has 3 amide bonds. The summed E-state index contributed by atoms with van der Waals surface area (Å²) in [5.41, 5.74) is 2.67. The molecule has 3 N–H and O–H groups in total. The minimum absolute atomic E-state index is 0.249. The maximum absolute atomic E-state index is 12.7. The zero-order valence-corrected chi connectivity index (χ0v) is 21.1. The van der Waals surface area contributed by atoms with Gasteiger partial charge in [0.2, 0.25) is 5.91 Å². The maximum atomic E-state index is 12.7. The molecule has 0 atom stereocenters. The molecule has 1 fully saturated rings. The van der Waals surface area contributed by atoms with E-state index in [1.165, 1.54) is 6.92 Å². The Labute approximate surface area is 220 Å². The summed E-state index contributed by atoms with van der Waals surface area (Å²) in [5, 5.41) is 8.67. The predicted octanol–water partition coefficient (Wildman–Crippen LogP) is 5.41. The van der Waals surface area contributed by atoms with Gasteiger partial charge >= 0.3 is 6.09 Å². The van der Waals surface area contributed by atoms with Crippen molar-refractivity contribution in [2.24, 2.45) is 5.92 Å². The van der Waals surface area contributed by atoms with E-state index in [1.54, 1.807) is 54.9 Å². The molecule has 0 spiro atoms. The van der Waals surface area contributed by atoms with Gasteiger partial charge in [-0.05, 0) is 73.4 Å². The summed E-state index contributed by atoms with van der Waals surface area (Å²) in [7, 11) is 0. The first kappa shape index (κ1) is 26.0. The number of carbonyl (C=O) groups is 3. The lowest BCUT2D eigenvalue weighted by molar-refractivity contribution is -0.114. The van der Waals surface area contributed by atoms with Crippen LogP contribution in [0.25, 0.3) is 0 Å². The number of carbonyl (C=O) groups excluding carboxylic acids is 3. The van der Waals surface area contributed by atoms with Crippen LogP contribution in [0, 0.1) is 5.92 Å². The maximum Gasteiger partial charge on any atom is 0.411 e. The Morgan fingerprint density at radius 1 is 0.946 bits per heavy atom. The zero-order chi connectivity index (χ0) is 26.2. The van der Waals surface area contributed by atoms with Gasteiger partial charge in [-0.3, -0.25) is 19.9 Å². The van der Waals surface area contributed by atoms with Crippen molar-refractivity contribution >= 4 is 52.3 Å². The van der Waals surface area contributed by atoms with Gasteiger partial charge in [0, 0.05) is 54.4 Å². The van der Waals surface area contributed by atoms with Gasteiger partial charge in [-0.15, -0.1) is 0 Å². The molecule has 2 aromatic carbocycles. The fourth-order valence-electron chi connectivity index (χ4n) is 4.09.